The summed E-state index contributed by atoms with van der Waals surface area (Å²) >= 11 is 0.382. The van der Waals surface area contributed by atoms with E-state index in [1.807, 2.05) is 12.4 Å². The Kier molecular flexibility index (Phi) is 7.53. The van der Waals surface area contributed by atoms with Crippen molar-refractivity contribution in [3.63, 3.8) is 0 Å². The molecule has 0 amide bonds. The molecule has 0 atom stereocenters. The second kappa shape index (κ2) is 8.47. The van der Waals surface area contributed by atoms with Gasteiger partial charge in [0.2, 0.25) is 0 Å². The fourth-order valence-corrected chi connectivity index (χ4v) is 2.07. The Bertz CT molecular complexity index is 576. The van der Waals surface area contributed by atoms with Gasteiger partial charge >= 0.3 is 33.2 Å². The summed E-state index contributed by atoms with van der Waals surface area (Å²) in [6.45, 7) is 13.3. The van der Waals surface area contributed by atoms with E-state index < -0.39 is 0 Å². The first kappa shape index (κ1) is 20.4. The standard InChI is InChI=1S/C18H24N2.2ClH.Co/c1-17(2,3)13-7-9-19-15(11-13)16-12-14(8-10-20-16)18(4,5)6;;;/h7-12H,1-6H3;2*1H;/q;;;+2/p-2. The van der Waals surface area contributed by atoms with Gasteiger partial charge in [0, 0.05) is 12.4 Å². The Morgan fingerprint density at radius 3 is 1.30 bits per heavy atom. The average Bonchev–Trinajstić information content (AvgIpc) is 2.47. The Hall–Kier alpha value is -0.614. The summed E-state index contributed by atoms with van der Waals surface area (Å²) in [4.78, 5) is 8.97. The van der Waals surface area contributed by atoms with Crippen molar-refractivity contribution in [1.82, 2.24) is 9.97 Å². The van der Waals surface area contributed by atoms with E-state index in [2.05, 4.69) is 75.8 Å². The molecule has 0 radical (unpaired) electrons. The van der Waals surface area contributed by atoms with Crippen LogP contribution in [0, 0.1) is 0 Å². The third-order valence-electron chi connectivity index (χ3n) is 3.51. The Balaban J connectivity index is 0.000000816. The van der Waals surface area contributed by atoms with Crippen molar-refractivity contribution in [2.24, 2.45) is 0 Å². The molecule has 0 aliphatic carbocycles. The van der Waals surface area contributed by atoms with Gasteiger partial charge in [0.25, 0.3) is 0 Å². The van der Waals surface area contributed by atoms with E-state index in [1.54, 1.807) is 0 Å². The molecule has 0 aliphatic heterocycles. The van der Waals surface area contributed by atoms with Gasteiger partial charge in [-0.1, -0.05) is 41.5 Å². The van der Waals surface area contributed by atoms with E-state index in [0.717, 1.165) is 11.4 Å². The van der Waals surface area contributed by atoms with E-state index in [1.165, 1.54) is 11.1 Å². The number of nitrogens with zero attached hydrogens (tertiary/aromatic N) is 2. The third-order valence-corrected chi connectivity index (χ3v) is 3.51. The van der Waals surface area contributed by atoms with Crippen LogP contribution in [0.2, 0.25) is 0 Å². The predicted octanol–water partition coefficient (Wildman–Crippen LogP) is 6.12. The first-order valence-corrected chi connectivity index (χ1v) is 10.2. The van der Waals surface area contributed by atoms with Crippen LogP contribution < -0.4 is 0 Å². The number of aromatic nitrogens is 2. The van der Waals surface area contributed by atoms with Crippen LogP contribution in [0.5, 0.6) is 0 Å². The number of pyridine rings is 2. The first-order chi connectivity index (χ1) is 10.6. The van der Waals surface area contributed by atoms with Crippen LogP contribution in [-0.4, -0.2) is 9.97 Å². The fourth-order valence-electron chi connectivity index (χ4n) is 2.07. The predicted molar refractivity (Wildman–Crippen MR) is 96.6 cm³/mol. The maximum absolute atomic E-state index is 4.73. The van der Waals surface area contributed by atoms with Crippen LogP contribution >= 0.6 is 20.3 Å². The SMILES string of the molecule is CC(C)(C)c1ccnc(-c2cc(C(C)(C)C)ccn2)c1.[Cl][Co][Cl]. The molecule has 0 unspecified atom stereocenters. The van der Waals surface area contributed by atoms with E-state index >= 15 is 0 Å². The molecule has 5 heteroatoms. The molecule has 0 saturated carbocycles. The number of hydrogen-bond donors (Lipinski definition) is 0. The summed E-state index contributed by atoms with van der Waals surface area (Å²) in [5.74, 6) is 0. The van der Waals surface area contributed by atoms with Crippen molar-refractivity contribution >= 4 is 20.3 Å². The molecule has 129 valence electrons. The Morgan fingerprint density at radius 2 is 1.04 bits per heavy atom. The third kappa shape index (κ3) is 6.42. The normalized spacial score (nSPS) is 11.8. The monoisotopic (exact) mass is 397 g/mol. The van der Waals surface area contributed by atoms with Gasteiger partial charge in [0.05, 0.1) is 11.4 Å². The van der Waals surface area contributed by atoms with Crippen molar-refractivity contribution in [3.05, 3.63) is 47.8 Å². The summed E-state index contributed by atoms with van der Waals surface area (Å²) in [6.07, 6.45) is 3.75. The minimum absolute atomic E-state index is 0.124. The van der Waals surface area contributed by atoms with Gasteiger partial charge in [-0.05, 0) is 46.2 Å². The molecule has 2 heterocycles. The molecule has 0 spiro atoms. The number of rotatable bonds is 1. The van der Waals surface area contributed by atoms with Gasteiger partial charge in [0.15, 0.2) is 0 Å². The molecule has 2 nitrogen and oxygen atoms in total. The second-order valence-electron chi connectivity index (χ2n) is 7.41. The van der Waals surface area contributed by atoms with Gasteiger partial charge in [-0.15, -0.1) is 0 Å². The minimum atomic E-state index is 0.124. The van der Waals surface area contributed by atoms with Crippen LogP contribution in [0.3, 0.4) is 0 Å². The molecule has 0 fully saturated rings. The van der Waals surface area contributed by atoms with Crippen molar-refractivity contribution in [2.75, 3.05) is 0 Å². The second-order valence-corrected chi connectivity index (χ2v) is 9.13. The molecule has 0 aromatic carbocycles. The van der Waals surface area contributed by atoms with E-state index in [9.17, 15) is 0 Å². The van der Waals surface area contributed by atoms with Gasteiger partial charge in [0.1, 0.15) is 0 Å². The topological polar surface area (TPSA) is 25.8 Å². The zero-order valence-electron chi connectivity index (χ0n) is 14.4. The summed E-state index contributed by atoms with van der Waals surface area (Å²) in [5, 5.41) is 0. The summed E-state index contributed by atoms with van der Waals surface area (Å²) in [7, 11) is 9.47. The van der Waals surface area contributed by atoms with Crippen LogP contribution in [0.15, 0.2) is 36.7 Å². The average molecular weight is 398 g/mol. The van der Waals surface area contributed by atoms with Crippen molar-refractivity contribution in [2.45, 2.75) is 52.4 Å². The molecule has 2 aromatic heterocycles. The van der Waals surface area contributed by atoms with Gasteiger partial charge in [-0.2, -0.15) is 0 Å². The van der Waals surface area contributed by atoms with Crippen LogP contribution in [0.1, 0.15) is 52.7 Å². The summed E-state index contributed by atoms with van der Waals surface area (Å²) in [5.41, 5.74) is 4.71. The van der Waals surface area contributed by atoms with E-state index in [4.69, 9.17) is 20.3 Å². The van der Waals surface area contributed by atoms with Crippen LogP contribution in [-0.2, 0) is 23.7 Å². The molecule has 0 bridgehead atoms. The zero-order valence-corrected chi connectivity index (χ0v) is 17.0. The number of halogens is 2. The van der Waals surface area contributed by atoms with E-state index in [0.29, 0.717) is 12.9 Å². The molecule has 2 rings (SSSR count). The Labute approximate surface area is 154 Å². The molecular formula is C18H24Cl2CoN2. The fraction of sp³-hybridized carbons (Fsp3) is 0.444. The van der Waals surface area contributed by atoms with Gasteiger partial charge in [-0.3, -0.25) is 9.97 Å². The molecule has 0 aliphatic rings. The molecule has 23 heavy (non-hydrogen) atoms. The quantitative estimate of drug-likeness (QED) is 0.579. The summed E-state index contributed by atoms with van der Waals surface area (Å²) in [6, 6.07) is 8.46. The molecular weight excluding hydrogens is 374 g/mol. The molecule has 2 aromatic rings. The molecule has 0 N–H and O–H groups in total. The zero-order chi connectivity index (χ0) is 17.7. The van der Waals surface area contributed by atoms with Crippen molar-refractivity contribution in [3.8, 4) is 11.4 Å². The van der Waals surface area contributed by atoms with Crippen LogP contribution in [0.4, 0.5) is 0 Å². The van der Waals surface area contributed by atoms with Gasteiger partial charge in [-0.25, -0.2) is 0 Å². The van der Waals surface area contributed by atoms with E-state index in [-0.39, 0.29) is 10.8 Å². The van der Waals surface area contributed by atoms with Crippen molar-refractivity contribution in [1.29, 1.82) is 0 Å². The van der Waals surface area contributed by atoms with Crippen molar-refractivity contribution < 1.29 is 12.9 Å². The van der Waals surface area contributed by atoms with Gasteiger partial charge < -0.3 is 0 Å². The summed E-state index contributed by atoms with van der Waals surface area (Å²) < 4.78 is 0. The number of hydrogen-bond acceptors (Lipinski definition) is 2. The first-order valence-electron chi connectivity index (χ1n) is 7.36. The molecule has 0 saturated heterocycles. The maximum atomic E-state index is 4.73. The van der Waals surface area contributed by atoms with Crippen LogP contribution in [0.25, 0.3) is 11.4 Å². The Morgan fingerprint density at radius 1 is 0.739 bits per heavy atom.